The average molecular weight is 620 g/mol. The molecule has 3 rings (SSSR count). The zero-order valence-electron chi connectivity index (χ0n) is 25.9. The minimum Gasteiger partial charge on any atom is -0.455 e. The molecule has 2 aromatic carbocycles. The van der Waals surface area contributed by atoms with E-state index < -0.39 is 47.8 Å². The van der Waals surface area contributed by atoms with Crippen LogP contribution in [0.3, 0.4) is 0 Å². The third-order valence-corrected chi connectivity index (χ3v) is 7.81. The van der Waals surface area contributed by atoms with Gasteiger partial charge in [-0.25, -0.2) is 0 Å². The van der Waals surface area contributed by atoms with Crippen LogP contribution in [0.5, 0.6) is 0 Å². The maximum Gasteiger partial charge on any atom is 0.310 e. The van der Waals surface area contributed by atoms with Gasteiger partial charge in [0.1, 0.15) is 12.0 Å². The Bertz CT molecular complexity index is 1260. The normalized spacial score (nSPS) is 16.0. The minimum atomic E-state index is -1.18. The van der Waals surface area contributed by atoms with Crippen molar-refractivity contribution in [3.63, 3.8) is 0 Å². The number of hydrogen-bond acceptors (Lipinski definition) is 7. The van der Waals surface area contributed by atoms with Crippen molar-refractivity contribution in [1.82, 2.24) is 15.5 Å². The molecule has 0 spiro atoms. The van der Waals surface area contributed by atoms with Gasteiger partial charge in [0, 0.05) is 26.6 Å². The highest BCUT2D eigenvalue weighted by Gasteiger charge is 2.35. The topological polar surface area (TPSA) is 134 Å². The third-order valence-electron chi connectivity index (χ3n) is 7.81. The van der Waals surface area contributed by atoms with Crippen molar-refractivity contribution in [2.75, 3.05) is 33.4 Å². The lowest BCUT2D eigenvalue weighted by Gasteiger charge is -2.30. The lowest BCUT2D eigenvalue weighted by Crippen LogP contribution is -2.50. The summed E-state index contributed by atoms with van der Waals surface area (Å²) in [5, 5.41) is 15.6. The smallest absolute Gasteiger partial charge is 0.310 e. The summed E-state index contributed by atoms with van der Waals surface area (Å²) in [5.41, 5.74) is 1.29. The summed E-state index contributed by atoms with van der Waals surface area (Å²) in [6.07, 6.45) is 4.21. The van der Waals surface area contributed by atoms with Crippen LogP contribution in [0.4, 0.5) is 0 Å². The predicted molar refractivity (Wildman–Crippen MR) is 171 cm³/mol. The molecule has 1 heterocycles. The van der Waals surface area contributed by atoms with Gasteiger partial charge >= 0.3 is 5.97 Å². The number of methoxy groups -OCH3 is 1. The fourth-order valence-electron chi connectivity index (χ4n) is 5.38. The largest absolute Gasteiger partial charge is 0.455 e. The number of nitrogens with zero attached hydrogens (tertiary/aromatic N) is 1. The predicted octanol–water partition coefficient (Wildman–Crippen LogP) is 3.65. The summed E-state index contributed by atoms with van der Waals surface area (Å²) in [6, 6.07) is 16.3. The molecule has 242 valence electrons. The number of ether oxygens (including phenoxy) is 2. The lowest BCUT2D eigenvalue weighted by atomic mass is 9.97. The lowest BCUT2D eigenvalue weighted by molar-refractivity contribution is -0.160. The van der Waals surface area contributed by atoms with E-state index in [1.165, 1.54) is 13.2 Å². The van der Waals surface area contributed by atoms with Crippen LogP contribution in [0.25, 0.3) is 0 Å². The Morgan fingerprint density at radius 1 is 0.889 bits per heavy atom. The number of allylic oxidation sites excluding steroid dienone is 2. The summed E-state index contributed by atoms with van der Waals surface area (Å²) in [7, 11) is 1.46. The van der Waals surface area contributed by atoms with E-state index in [4.69, 9.17) is 9.47 Å². The van der Waals surface area contributed by atoms with Crippen molar-refractivity contribution < 1.29 is 33.8 Å². The highest BCUT2D eigenvalue weighted by molar-refractivity contribution is 6.00. The zero-order chi connectivity index (χ0) is 32.6. The van der Waals surface area contributed by atoms with Gasteiger partial charge in [-0.3, -0.25) is 19.2 Å². The van der Waals surface area contributed by atoms with Gasteiger partial charge in [-0.1, -0.05) is 72.8 Å². The zero-order valence-corrected chi connectivity index (χ0v) is 25.9. The fraction of sp³-hybridized carbons (Fsp3) is 0.429. The maximum atomic E-state index is 13.7. The molecule has 0 bridgehead atoms. The summed E-state index contributed by atoms with van der Waals surface area (Å²) < 4.78 is 11.5. The Labute approximate surface area is 265 Å². The second-order valence-corrected chi connectivity index (χ2v) is 11.1. The summed E-state index contributed by atoms with van der Waals surface area (Å²) in [5.74, 6) is -3.86. The van der Waals surface area contributed by atoms with Gasteiger partial charge in [-0.15, -0.1) is 13.2 Å². The number of aliphatic hydroxyl groups excluding tert-OH is 1. The quantitative estimate of drug-likeness (QED) is 0.132. The van der Waals surface area contributed by atoms with Crippen molar-refractivity contribution >= 4 is 23.7 Å². The molecular formula is C35H45N3O7. The highest BCUT2D eigenvalue weighted by Crippen LogP contribution is 2.27. The molecule has 1 unspecified atom stereocenters. The molecule has 0 aliphatic carbocycles. The number of aliphatic hydroxyl groups is 1. The van der Waals surface area contributed by atoms with Crippen LogP contribution in [0, 0.1) is 11.8 Å². The van der Waals surface area contributed by atoms with Crippen molar-refractivity contribution in [2.45, 2.75) is 50.3 Å². The molecule has 5 atom stereocenters. The molecule has 1 saturated heterocycles. The van der Waals surface area contributed by atoms with Crippen LogP contribution in [0.1, 0.15) is 55.4 Å². The fourth-order valence-corrected chi connectivity index (χ4v) is 5.38. The molecule has 3 N–H and O–H groups in total. The Morgan fingerprint density at radius 3 is 2.02 bits per heavy atom. The van der Waals surface area contributed by atoms with E-state index in [9.17, 15) is 24.3 Å². The first-order chi connectivity index (χ1) is 21.8. The van der Waals surface area contributed by atoms with Gasteiger partial charge in [0.05, 0.1) is 31.2 Å². The monoisotopic (exact) mass is 619 g/mol. The molecular weight excluding hydrogens is 574 g/mol. The average Bonchev–Trinajstić information content (AvgIpc) is 3.61. The summed E-state index contributed by atoms with van der Waals surface area (Å²) in [6.45, 7) is 8.41. The van der Waals surface area contributed by atoms with E-state index >= 15 is 0 Å². The standard InChI is InChI=1S/C35H45N3O7/c1-4-14-27(22-31(40)38-20-12-13-21-38)35(43)45-32(26-18-10-7-11-19-26)30(24-44-3)37-34(42)28(15-5-2)33(41)36-29(23-39)25-16-8-6-9-17-25/h4-11,16-19,27-30,32,39H,1-2,12-15,20-24H2,3H3,(H,36,41)(H,37,42)/t27-,28?,29-,30-,32-/m0/s1. The van der Waals surface area contributed by atoms with E-state index in [0.717, 1.165) is 12.8 Å². The number of carbonyl (C=O) groups is 4. The first-order valence-electron chi connectivity index (χ1n) is 15.3. The molecule has 10 nitrogen and oxygen atoms in total. The van der Waals surface area contributed by atoms with E-state index in [1.54, 1.807) is 59.5 Å². The molecule has 45 heavy (non-hydrogen) atoms. The molecule has 0 aromatic heterocycles. The Balaban J connectivity index is 1.82. The first kappa shape index (κ1) is 35.2. The second-order valence-electron chi connectivity index (χ2n) is 11.1. The molecule has 2 aromatic rings. The SMILES string of the molecule is C=CCC(C(=O)N[C@@H](CO)c1ccccc1)C(=O)N[C@@H](COC)[C@@H](OC(=O)[C@@H](CC=C)CC(=O)N1CCCC1)c1ccccc1. The molecule has 0 saturated carbocycles. The second kappa shape index (κ2) is 18.5. The number of esters is 1. The third kappa shape index (κ3) is 10.4. The van der Waals surface area contributed by atoms with Crippen LogP contribution in [-0.2, 0) is 28.7 Å². The maximum absolute atomic E-state index is 13.7. The van der Waals surface area contributed by atoms with Gasteiger partial charge in [-0.05, 0) is 36.8 Å². The van der Waals surface area contributed by atoms with Crippen molar-refractivity contribution in [2.24, 2.45) is 11.8 Å². The molecule has 10 heteroatoms. The van der Waals surface area contributed by atoms with Crippen molar-refractivity contribution in [3.8, 4) is 0 Å². The van der Waals surface area contributed by atoms with E-state index in [2.05, 4.69) is 23.8 Å². The number of hydrogen-bond donors (Lipinski definition) is 3. The van der Waals surface area contributed by atoms with Crippen LogP contribution >= 0.6 is 0 Å². The van der Waals surface area contributed by atoms with Gasteiger partial charge in [-0.2, -0.15) is 0 Å². The summed E-state index contributed by atoms with van der Waals surface area (Å²) in [4.78, 5) is 55.3. The van der Waals surface area contributed by atoms with Crippen molar-refractivity contribution in [1.29, 1.82) is 0 Å². The molecule has 0 radical (unpaired) electrons. The Kier molecular flexibility index (Phi) is 14.5. The van der Waals surface area contributed by atoms with E-state index in [1.807, 2.05) is 12.1 Å². The number of rotatable bonds is 18. The van der Waals surface area contributed by atoms with Crippen LogP contribution in [0.2, 0.25) is 0 Å². The number of nitrogens with one attached hydrogen (secondary N) is 2. The minimum absolute atomic E-state index is 0.0112. The van der Waals surface area contributed by atoms with E-state index in [0.29, 0.717) is 24.2 Å². The molecule has 3 amide bonds. The number of likely N-dealkylation sites (tertiary alicyclic amines) is 1. The van der Waals surface area contributed by atoms with Gasteiger partial charge in [0.15, 0.2) is 0 Å². The molecule has 1 aliphatic rings. The van der Waals surface area contributed by atoms with Crippen LogP contribution < -0.4 is 10.6 Å². The first-order valence-corrected chi connectivity index (χ1v) is 15.3. The highest BCUT2D eigenvalue weighted by atomic mass is 16.5. The van der Waals surface area contributed by atoms with Crippen LogP contribution in [0.15, 0.2) is 86.0 Å². The van der Waals surface area contributed by atoms with E-state index in [-0.39, 0.29) is 38.4 Å². The van der Waals surface area contributed by atoms with Gasteiger partial charge < -0.3 is 30.1 Å². The number of benzene rings is 2. The number of carbonyl (C=O) groups excluding carboxylic acids is 4. The van der Waals surface area contributed by atoms with Crippen LogP contribution in [-0.4, -0.2) is 73.2 Å². The van der Waals surface area contributed by atoms with Crippen molar-refractivity contribution in [3.05, 3.63) is 97.1 Å². The molecule has 1 aliphatic heterocycles. The molecule has 1 fully saturated rings. The van der Waals surface area contributed by atoms with Gasteiger partial charge in [0.25, 0.3) is 0 Å². The number of amides is 3. The Hall–Kier alpha value is -4.28. The van der Waals surface area contributed by atoms with Gasteiger partial charge in [0.2, 0.25) is 17.7 Å². The Morgan fingerprint density at radius 2 is 1.47 bits per heavy atom. The summed E-state index contributed by atoms with van der Waals surface area (Å²) >= 11 is 0.